The lowest BCUT2D eigenvalue weighted by molar-refractivity contribution is -0.121. The highest BCUT2D eigenvalue weighted by molar-refractivity contribution is 5.77. The molecule has 0 spiro atoms. The van der Waals surface area contributed by atoms with Gasteiger partial charge in [0, 0.05) is 36.1 Å². The first-order chi connectivity index (χ1) is 13.0. The van der Waals surface area contributed by atoms with Crippen molar-refractivity contribution in [2.75, 3.05) is 0 Å². The predicted octanol–water partition coefficient (Wildman–Crippen LogP) is 1.91. The second-order valence-corrected chi connectivity index (χ2v) is 7.31. The van der Waals surface area contributed by atoms with Crippen LogP contribution in [0, 0.1) is 20.8 Å². The van der Waals surface area contributed by atoms with Crippen LogP contribution in [0.25, 0.3) is 5.78 Å². The highest BCUT2D eigenvalue weighted by Gasteiger charge is 2.27. The highest BCUT2D eigenvalue weighted by atomic mass is 16.1. The number of hydrogen-bond acceptors (Lipinski definition) is 5. The molecule has 8 heteroatoms. The summed E-state index contributed by atoms with van der Waals surface area (Å²) in [5.74, 6) is 0.661. The molecule has 0 saturated heterocycles. The van der Waals surface area contributed by atoms with E-state index in [9.17, 15) is 4.79 Å². The number of rotatable bonds is 4. The smallest absolute Gasteiger partial charge is 0.252 e. The number of aryl methyl sites for hydroxylation is 4. The van der Waals surface area contributed by atoms with Crippen LogP contribution in [0.2, 0.25) is 0 Å². The van der Waals surface area contributed by atoms with Crippen molar-refractivity contribution >= 4 is 11.7 Å². The minimum absolute atomic E-state index is 0.0630. The van der Waals surface area contributed by atoms with Crippen molar-refractivity contribution in [1.82, 2.24) is 34.7 Å². The van der Waals surface area contributed by atoms with E-state index in [1.165, 1.54) is 17.6 Å². The Hall–Kier alpha value is -2.77. The third-order valence-corrected chi connectivity index (χ3v) is 5.57. The summed E-state index contributed by atoms with van der Waals surface area (Å²) >= 11 is 0. The van der Waals surface area contributed by atoms with Gasteiger partial charge in [-0.25, -0.2) is 9.50 Å². The normalized spacial score (nSPS) is 16.5. The third-order valence-electron chi connectivity index (χ3n) is 5.57. The number of aromatic nitrogens is 6. The Morgan fingerprint density at radius 3 is 2.93 bits per heavy atom. The van der Waals surface area contributed by atoms with Crippen molar-refractivity contribution in [2.45, 2.75) is 58.9 Å². The number of fused-ring (bicyclic) bond motifs is 2. The SMILES string of the molecule is Cc1nc2ncnn2c(C)c1CCC(=O)NC1CCCc2c1c(C)nn2C. The molecule has 1 aliphatic rings. The van der Waals surface area contributed by atoms with Crippen LogP contribution in [0.1, 0.15) is 59.2 Å². The van der Waals surface area contributed by atoms with Crippen molar-refractivity contribution in [1.29, 1.82) is 0 Å². The molecule has 4 rings (SSSR count). The molecule has 27 heavy (non-hydrogen) atoms. The van der Waals surface area contributed by atoms with E-state index < -0.39 is 0 Å². The largest absolute Gasteiger partial charge is 0.349 e. The fourth-order valence-electron chi connectivity index (χ4n) is 4.26. The maximum absolute atomic E-state index is 12.7. The van der Waals surface area contributed by atoms with Gasteiger partial charge in [-0.1, -0.05) is 0 Å². The first-order valence-electron chi connectivity index (χ1n) is 9.43. The van der Waals surface area contributed by atoms with Crippen molar-refractivity contribution in [2.24, 2.45) is 7.05 Å². The Morgan fingerprint density at radius 2 is 2.11 bits per heavy atom. The summed E-state index contributed by atoms with van der Waals surface area (Å²) in [6, 6.07) is 0.0630. The number of nitrogens with zero attached hydrogens (tertiary/aromatic N) is 6. The molecule has 1 unspecified atom stereocenters. The fraction of sp³-hybridized carbons (Fsp3) is 0.526. The topological polar surface area (TPSA) is 90.0 Å². The molecule has 142 valence electrons. The molecule has 1 N–H and O–H groups in total. The van der Waals surface area contributed by atoms with Crippen LogP contribution in [-0.2, 0) is 24.7 Å². The maximum Gasteiger partial charge on any atom is 0.252 e. The number of amides is 1. The molecule has 1 amide bonds. The minimum Gasteiger partial charge on any atom is -0.349 e. The average molecular weight is 367 g/mol. The predicted molar refractivity (Wildman–Crippen MR) is 100 cm³/mol. The van der Waals surface area contributed by atoms with Gasteiger partial charge < -0.3 is 5.32 Å². The molecule has 1 atom stereocenters. The van der Waals surface area contributed by atoms with E-state index in [4.69, 9.17) is 0 Å². The lowest BCUT2D eigenvalue weighted by Crippen LogP contribution is -2.31. The van der Waals surface area contributed by atoms with Crippen molar-refractivity contribution in [3.05, 3.63) is 40.2 Å². The van der Waals surface area contributed by atoms with E-state index in [0.717, 1.165) is 41.9 Å². The van der Waals surface area contributed by atoms with E-state index >= 15 is 0 Å². The summed E-state index contributed by atoms with van der Waals surface area (Å²) in [5, 5.41) is 12.0. The monoisotopic (exact) mass is 367 g/mol. The number of carbonyl (C=O) groups excluding carboxylic acids is 1. The van der Waals surface area contributed by atoms with Gasteiger partial charge in [0.1, 0.15) is 6.33 Å². The molecule has 0 bridgehead atoms. The van der Waals surface area contributed by atoms with E-state index in [-0.39, 0.29) is 11.9 Å². The van der Waals surface area contributed by atoms with Crippen LogP contribution in [0.3, 0.4) is 0 Å². The van der Waals surface area contributed by atoms with E-state index in [0.29, 0.717) is 18.6 Å². The summed E-state index contributed by atoms with van der Waals surface area (Å²) < 4.78 is 3.68. The van der Waals surface area contributed by atoms with Crippen molar-refractivity contribution in [3.8, 4) is 0 Å². The van der Waals surface area contributed by atoms with Gasteiger partial charge >= 0.3 is 0 Å². The Labute approximate surface area is 158 Å². The fourth-order valence-corrected chi connectivity index (χ4v) is 4.26. The molecule has 0 saturated carbocycles. The number of hydrogen-bond donors (Lipinski definition) is 1. The third kappa shape index (κ3) is 3.09. The summed E-state index contributed by atoms with van der Waals surface area (Å²) in [6.45, 7) is 5.98. The van der Waals surface area contributed by atoms with Gasteiger partial charge in [0.2, 0.25) is 5.91 Å². The first kappa shape index (κ1) is 17.6. The van der Waals surface area contributed by atoms with Gasteiger partial charge in [-0.3, -0.25) is 9.48 Å². The van der Waals surface area contributed by atoms with Gasteiger partial charge in [0.05, 0.1) is 11.7 Å². The number of nitrogens with one attached hydrogen (secondary N) is 1. The zero-order valence-corrected chi connectivity index (χ0v) is 16.3. The lowest BCUT2D eigenvalue weighted by atomic mass is 9.91. The molecule has 0 fully saturated rings. The molecular formula is C19H25N7O. The maximum atomic E-state index is 12.7. The Bertz CT molecular complexity index is 1020. The van der Waals surface area contributed by atoms with Crippen LogP contribution in [0.5, 0.6) is 0 Å². The average Bonchev–Trinajstić information content (AvgIpc) is 3.20. The van der Waals surface area contributed by atoms with Crippen molar-refractivity contribution < 1.29 is 4.79 Å². The second-order valence-electron chi connectivity index (χ2n) is 7.31. The standard InChI is InChI=1S/C19H25N7O/c1-11-14(13(3)26-19(22-11)20-10-21-26)8-9-17(27)23-15-6-5-7-16-18(15)12(2)24-25(16)4/h10,15H,5-9H2,1-4H3,(H,23,27). The molecule has 0 aliphatic heterocycles. The molecule has 3 aromatic rings. The van der Waals surface area contributed by atoms with Gasteiger partial charge in [-0.05, 0) is 52.0 Å². The van der Waals surface area contributed by atoms with Gasteiger partial charge in [-0.15, -0.1) is 0 Å². The summed E-state index contributed by atoms with van der Waals surface area (Å²) in [4.78, 5) is 21.3. The summed E-state index contributed by atoms with van der Waals surface area (Å²) in [6.07, 6.45) is 5.63. The summed E-state index contributed by atoms with van der Waals surface area (Å²) in [7, 11) is 1.98. The molecule has 0 aromatic carbocycles. The van der Waals surface area contributed by atoms with Crippen LogP contribution in [-0.4, -0.2) is 35.3 Å². The Kier molecular flexibility index (Phi) is 4.41. The Morgan fingerprint density at radius 1 is 1.30 bits per heavy atom. The van der Waals surface area contributed by atoms with Crippen molar-refractivity contribution in [3.63, 3.8) is 0 Å². The van der Waals surface area contributed by atoms with E-state index in [1.54, 1.807) is 4.52 Å². The molecule has 3 aromatic heterocycles. The van der Waals surface area contributed by atoms with Crippen LogP contribution < -0.4 is 5.32 Å². The van der Waals surface area contributed by atoms with Crippen LogP contribution in [0.4, 0.5) is 0 Å². The molecular weight excluding hydrogens is 342 g/mol. The molecule has 8 nitrogen and oxygen atoms in total. The zero-order valence-electron chi connectivity index (χ0n) is 16.3. The van der Waals surface area contributed by atoms with Gasteiger partial charge in [0.15, 0.2) is 0 Å². The Balaban J connectivity index is 1.47. The van der Waals surface area contributed by atoms with Gasteiger partial charge in [-0.2, -0.15) is 15.2 Å². The summed E-state index contributed by atoms with van der Waals surface area (Å²) in [5.41, 5.74) is 6.43. The van der Waals surface area contributed by atoms with Crippen LogP contribution in [0.15, 0.2) is 6.33 Å². The van der Waals surface area contributed by atoms with E-state index in [2.05, 4.69) is 25.5 Å². The molecule has 0 radical (unpaired) electrons. The first-order valence-corrected chi connectivity index (χ1v) is 9.43. The lowest BCUT2D eigenvalue weighted by Gasteiger charge is -2.24. The quantitative estimate of drug-likeness (QED) is 0.761. The van der Waals surface area contributed by atoms with Gasteiger partial charge in [0.25, 0.3) is 5.78 Å². The van der Waals surface area contributed by atoms with Crippen LogP contribution >= 0.6 is 0 Å². The molecule has 3 heterocycles. The van der Waals surface area contributed by atoms with E-state index in [1.807, 2.05) is 32.5 Å². The zero-order chi connectivity index (χ0) is 19.1. The number of carbonyl (C=O) groups is 1. The second kappa shape index (κ2) is 6.75. The highest BCUT2D eigenvalue weighted by Crippen LogP contribution is 2.31. The minimum atomic E-state index is 0.0630. The molecule has 1 aliphatic carbocycles.